The number of rotatable bonds is 4. The maximum atomic E-state index is 12.6. The fraction of sp³-hybridized carbons (Fsp3) is 0.421. The summed E-state index contributed by atoms with van der Waals surface area (Å²) in [6.07, 6.45) is 4.61. The minimum absolute atomic E-state index is 0.107. The van der Waals surface area contributed by atoms with Crippen molar-refractivity contribution in [1.82, 2.24) is 24.8 Å². The van der Waals surface area contributed by atoms with Gasteiger partial charge in [0.15, 0.2) is 5.65 Å². The van der Waals surface area contributed by atoms with Crippen LogP contribution in [0.4, 0.5) is 5.95 Å². The van der Waals surface area contributed by atoms with Crippen LogP contribution in [0.5, 0.6) is 0 Å². The van der Waals surface area contributed by atoms with Gasteiger partial charge in [0.2, 0.25) is 5.95 Å². The molecule has 134 valence electrons. The van der Waals surface area contributed by atoms with E-state index < -0.39 is 0 Å². The second-order valence-corrected chi connectivity index (χ2v) is 7.30. The third kappa shape index (κ3) is 2.68. The first-order valence-corrected chi connectivity index (χ1v) is 9.26. The lowest BCUT2D eigenvalue weighted by atomic mass is 10.1. The predicted octanol–water partition coefficient (Wildman–Crippen LogP) is 1.48. The molecular formula is C19H22N6O. The molecule has 0 spiro atoms. The second-order valence-electron chi connectivity index (χ2n) is 7.30. The Balaban J connectivity index is 1.44. The van der Waals surface area contributed by atoms with Crippen LogP contribution < -0.4 is 16.3 Å². The van der Waals surface area contributed by atoms with Gasteiger partial charge in [-0.15, -0.1) is 0 Å². The molecule has 5 rings (SSSR count). The van der Waals surface area contributed by atoms with Crippen molar-refractivity contribution in [3.8, 4) is 0 Å². The fourth-order valence-corrected chi connectivity index (χ4v) is 4.18. The number of fused-ring (bicyclic) bond motifs is 2. The highest BCUT2D eigenvalue weighted by atomic mass is 16.1. The maximum absolute atomic E-state index is 12.6. The van der Waals surface area contributed by atoms with Crippen molar-refractivity contribution in [3.63, 3.8) is 0 Å². The number of imidazole rings is 1. The monoisotopic (exact) mass is 350 g/mol. The average Bonchev–Trinajstić information content (AvgIpc) is 3.36. The lowest BCUT2D eigenvalue weighted by Crippen LogP contribution is -2.23. The Bertz CT molecular complexity index is 976. The summed E-state index contributed by atoms with van der Waals surface area (Å²) in [6.45, 7) is 2.96. The number of anilines is 1. The van der Waals surface area contributed by atoms with E-state index in [1.54, 1.807) is 10.8 Å². The van der Waals surface area contributed by atoms with Crippen molar-refractivity contribution in [3.05, 3.63) is 52.1 Å². The van der Waals surface area contributed by atoms with Gasteiger partial charge in [-0.2, -0.15) is 4.98 Å². The standard InChI is InChI=1S/C19H22N6O/c26-19-23-16-11-22-18(21-10-12-5-6-20-9-12)24-17(16)25(19)15-7-13-3-1-2-4-14(13)8-15/h1-4,11-12,15,20H,5-10H2,(H,23,26)(H,21,22,24)/t12-/m1/s1. The Hall–Kier alpha value is -2.67. The summed E-state index contributed by atoms with van der Waals surface area (Å²) < 4.78 is 1.80. The maximum Gasteiger partial charge on any atom is 0.327 e. The fourth-order valence-electron chi connectivity index (χ4n) is 4.18. The molecule has 1 aliphatic heterocycles. The van der Waals surface area contributed by atoms with E-state index >= 15 is 0 Å². The normalized spacial score (nSPS) is 19.9. The molecule has 0 unspecified atom stereocenters. The summed E-state index contributed by atoms with van der Waals surface area (Å²) >= 11 is 0. The van der Waals surface area contributed by atoms with Gasteiger partial charge >= 0.3 is 5.69 Å². The highest BCUT2D eigenvalue weighted by Crippen LogP contribution is 2.30. The molecule has 0 radical (unpaired) electrons. The summed E-state index contributed by atoms with van der Waals surface area (Å²) in [5.41, 5.74) is 3.91. The first kappa shape index (κ1) is 15.6. The quantitative estimate of drug-likeness (QED) is 0.663. The minimum atomic E-state index is -0.107. The number of hydrogen-bond acceptors (Lipinski definition) is 5. The summed E-state index contributed by atoms with van der Waals surface area (Å²) in [5.74, 6) is 1.19. The van der Waals surface area contributed by atoms with Crippen LogP contribution in [0, 0.1) is 5.92 Å². The zero-order valence-electron chi connectivity index (χ0n) is 14.5. The Kier molecular flexibility index (Phi) is 3.74. The molecule has 0 amide bonds. The van der Waals surface area contributed by atoms with Crippen LogP contribution in [0.3, 0.4) is 0 Å². The number of hydrogen-bond donors (Lipinski definition) is 3. The van der Waals surface area contributed by atoms with Crippen LogP contribution >= 0.6 is 0 Å². The third-order valence-electron chi connectivity index (χ3n) is 5.56. The molecule has 2 aromatic heterocycles. The van der Waals surface area contributed by atoms with Gasteiger partial charge in [0.1, 0.15) is 5.52 Å². The number of nitrogens with one attached hydrogen (secondary N) is 3. The molecule has 1 saturated heterocycles. The van der Waals surface area contributed by atoms with Crippen LogP contribution in [-0.2, 0) is 12.8 Å². The molecule has 1 aromatic carbocycles. The lowest BCUT2D eigenvalue weighted by Gasteiger charge is -2.12. The Morgan fingerprint density at radius 2 is 2.04 bits per heavy atom. The first-order chi connectivity index (χ1) is 12.8. The van der Waals surface area contributed by atoms with Crippen molar-refractivity contribution in [2.75, 3.05) is 25.0 Å². The number of benzene rings is 1. The molecule has 0 bridgehead atoms. The minimum Gasteiger partial charge on any atom is -0.354 e. The van der Waals surface area contributed by atoms with E-state index in [4.69, 9.17) is 0 Å². The van der Waals surface area contributed by atoms with E-state index in [0.717, 1.165) is 32.5 Å². The first-order valence-electron chi connectivity index (χ1n) is 9.26. The van der Waals surface area contributed by atoms with Gasteiger partial charge < -0.3 is 15.6 Å². The van der Waals surface area contributed by atoms with Gasteiger partial charge in [-0.25, -0.2) is 9.78 Å². The highest BCUT2D eigenvalue weighted by molar-refractivity contribution is 5.71. The molecule has 1 atom stereocenters. The van der Waals surface area contributed by atoms with Crippen LogP contribution in [0.2, 0.25) is 0 Å². The predicted molar refractivity (Wildman–Crippen MR) is 101 cm³/mol. The molecule has 7 nitrogen and oxygen atoms in total. The molecular weight excluding hydrogens is 328 g/mol. The smallest absolute Gasteiger partial charge is 0.327 e. The number of nitrogens with zero attached hydrogens (tertiary/aromatic N) is 3. The Morgan fingerprint density at radius 3 is 2.77 bits per heavy atom. The number of H-pyrrole nitrogens is 1. The molecule has 0 saturated carbocycles. The van der Waals surface area contributed by atoms with Gasteiger partial charge in [-0.1, -0.05) is 24.3 Å². The van der Waals surface area contributed by atoms with E-state index in [2.05, 4.69) is 49.9 Å². The van der Waals surface area contributed by atoms with E-state index in [1.165, 1.54) is 17.5 Å². The van der Waals surface area contributed by atoms with Gasteiger partial charge in [-0.3, -0.25) is 4.57 Å². The van der Waals surface area contributed by atoms with Crippen molar-refractivity contribution >= 4 is 17.1 Å². The van der Waals surface area contributed by atoms with Gasteiger partial charge in [-0.05, 0) is 49.4 Å². The summed E-state index contributed by atoms with van der Waals surface area (Å²) in [7, 11) is 0. The SMILES string of the molecule is O=c1[nH]c2cnc(NC[C@@H]3CCNC3)nc2n1C1Cc2ccccc2C1. The zero-order chi connectivity index (χ0) is 17.5. The van der Waals surface area contributed by atoms with Gasteiger partial charge in [0, 0.05) is 12.6 Å². The molecule has 2 aliphatic rings. The molecule has 26 heavy (non-hydrogen) atoms. The van der Waals surface area contributed by atoms with Crippen LogP contribution in [-0.4, -0.2) is 39.2 Å². The number of aromatic amines is 1. The van der Waals surface area contributed by atoms with Gasteiger partial charge in [0.05, 0.1) is 6.20 Å². The average molecular weight is 350 g/mol. The summed E-state index contributed by atoms with van der Waals surface area (Å²) in [4.78, 5) is 24.5. The van der Waals surface area contributed by atoms with E-state index in [1.807, 2.05) is 0 Å². The van der Waals surface area contributed by atoms with Crippen molar-refractivity contribution in [2.24, 2.45) is 5.92 Å². The molecule has 3 heterocycles. The van der Waals surface area contributed by atoms with Crippen LogP contribution in [0.1, 0.15) is 23.6 Å². The van der Waals surface area contributed by atoms with Crippen LogP contribution in [0.25, 0.3) is 11.2 Å². The molecule has 3 N–H and O–H groups in total. The summed E-state index contributed by atoms with van der Waals surface area (Å²) in [5, 5.41) is 6.70. The molecule has 1 fully saturated rings. The van der Waals surface area contributed by atoms with Crippen molar-refractivity contribution < 1.29 is 0 Å². The van der Waals surface area contributed by atoms with Crippen molar-refractivity contribution in [1.29, 1.82) is 0 Å². The van der Waals surface area contributed by atoms with E-state index in [0.29, 0.717) is 23.0 Å². The second kappa shape index (κ2) is 6.25. The molecule has 7 heteroatoms. The highest BCUT2D eigenvalue weighted by Gasteiger charge is 2.26. The lowest BCUT2D eigenvalue weighted by molar-refractivity contribution is 0.525. The molecule has 3 aromatic rings. The Morgan fingerprint density at radius 1 is 1.23 bits per heavy atom. The topological polar surface area (TPSA) is 87.6 Å². The van der Waals surface area contributed by atoms with E-state index in [-0.39, 0.29) is 11.7 Å². The largest absolute Gasteiger partial charge is 0.354 e. The number of aromatic nitrogens is 4. The van der Waals surface area contributed by atoms with Crippen molar-refractivity contribution in [2.45, 2.75) is 25.3 Å². The summed E-state index contributed by atoms with van der Waals surface area (Å²) in [6, 6.07) is 8.51. The molecule has 1 aliphatic carbocycles. The van der Waals surface area contributed by atoms with E-state index in [9.17, 15) is 4.79 Å². The van der Waals surface area contributed by atoms with Gasteiger partial charge in [0.25, 0.3) is 0 Å². The Labute approximate surface area is 150 Å². The third-order valence-corrected chi connectivity index (χ3v) is 5.56. The van der Waals surface area contributed by atoms with Crippen LogP contribution in [0.15, 0.2) is 35.3 Å². The zero-order valence-corrected chi connectivity index (χ0v) is 14.5.